The number of nitrogens with two attached hydrogens (primary N) is 1. The summed E-state index contributed by atoms with van der Waals surface area (Å²) >= 11 is 0. The minimum Gasteiger partial charge on any atom is -0.364 e. The molecule has 0 unspecified atom stereocenters. The van der Waals surface area contributed by atoms with Crippen LogP contribution in [0.1, 0.15) is 54.3 Å². The van der Waals surface area contributed by atoms with Crippen LogP contribution in [0, 0.1) is 0 Å². The van der Waals surface area contributed by atoms with Gasteiger partial charge in [0.15, 0.2) is 11.5 Å². The summed E-state index contributed by atoms with van der Waals surface area (Å²) in [6.07, 6.45) is 10.7. The van der Waals surface area contributed by atoms with Crippen LogP contribution < -0.4 is 26.6 Å². The number of carbonyl (C=O) groups is 2. The molecule has 188 valence electrons. The second-order valence-corrected chi connectivity index (χ2v) is 8.97. The highest BCUT2D eigenvalue weighted by Crippen LogP contribution is 2.25. The molecule has 3 amide bonds. The lowest BCUT2D eigenvalue weighted by Crippen LogP contribution is -2.31. The van der Waals surface area contributed by atoms with Crippen molar-refractivity contribution in [2.45, 2.75) is 38.0 Å². The molecule has 0 saturated carbocycles. The number of hydrogen-bond donors (Lipinski definition) is 4. The van der Waals surface area contributed by atoms with Gasteiger partial charge in [-0.1, -0.05) is 0 Å². The highest BCUT2D eigenvalue weighted by atomic mass is 16.2. The monoisotopic (exact) mass is 482 g/mol. The van der Waals surface area contributed by atoms with E-state index >= 15 is 0 Å². The molecule has 0 radical (unpaired) electrons. The largest absolute Gasteiger partial charge is 0.364 e. The van der Waals surface area contributed by atoms with Gasteiger partial charge in [0.25, 0.3) is 5.91 Å². The maximum atomic E-state index is 11.8. The van der Waals surface area contributed by atoms with Crippen LogP contribution in [0.3, 0.4) is 0 Å². The van der Waals surface area contributed by atoms with Crippen molar-refractivity contribution in [3.8, 4) is 0 Å². The van der Waals surface area contributed by atoms with Crippen molar-refractivity contribution in [1.29, 1.82) is 0 Å². The Kier molecular flexibility index (Phi) is 8.24. The Hall–Kier alpha value is -3.54. The summed E-state index contributed by atoms with van der Waals surface area (Å²) in [6, 6.07) is 0.0417. The number of primary amides is 1. The summed E-state index contributed by atoms with van der Waals surface area (Å²) in [5.74, 6) is 1.72. The number of urea groups is 1. The van der Waals surface area contributed by atoms with E-state index in [2.05, 4.69) is 40.8 Å². The van der Waals surface area contributed by atoms with Crippen molar-refractivity contribution < 1.29 is 9.59 Å². The van der Waals surface area contributed by atoms with Crippen LogP contribution in [-0.4, -0.2) is 83.1 Å². The number of piperidine rings is 2. The number of hydrogen-bond acceptors (Lipinski definition) is 9. The number of likely N-dealkylation sites (N-methyl/N-ethyl adjacent to an activating group) is 1. The predicted octanol–water partition coefficient (Wildman–Crippen LogP) is 1.21. The van der Waals surface area contributed by atoms with E-state index in [9.17, 15) is 9.59 Å². The second-order valence-electron chi connectivity index (χ2n) is 8.97. The Labute approximate surface area is 205 Å². The van der Waals surface area contributed by atoms with E-state index in [0.717, 1.165) is 76.6 Å². The molecule has 2 aromatic rings. The molecule has 0 spiro atoms. The fourth-order valence-electron chi connectivity index (χ4n) is 4.32. The number of rotatable bonds is 5. The van der Waals surface area contributed by atoms with Gasteiger partial charge >= 0.3 is 6.03 Å². The van der Waals surface area contributed by atoms with Gasteiger partial charge in [-0.25, -0.2) is 24.7 Å². The first-order valence-corrected chi connectivity index (χ1v) is 12.2. The van der Waals surface area contributed by atoms with Gasteiger partial charge in [-0.2, -0.15) is 0 Å². The molecule has 5 N–H and O–H groups in total. The molecule has 0 bridgehead atoms. The molecule has 12 heteroatoms. The minimum absolute atomic E-state index is 0.0417. The number of nitrogens with one attached hydrogen (secondary N) is 3. The van der Waals surface area contributed by atoms with Crippen molar-refractivity contribution in [3.63, 3.8) is 0 Å². The Balaban J connectivity index is 0.000000356. The standard InChI is InChI=1S/C19H26N8O.C4H8N2O/c20-17(28)16-19(26-15(12-22-16)27-8-2-1-3-9-27)25-14-10-23-18(24-11-14)13-4-6-21-7-5-13;1-6-3-2-5-4(6)7/h10-13,21H,1-9H2,(H2,20,28)(H,25,26);2-3H2,1H3,(H,5,7). The van der Waals surface area contributed by atoms with Crippen LogP contribution in [-0.2, 0) is 0 Å². The number of carbonyl (C=O) groups excluding carboxylic acids is 2. The Morgan fingerprint density at radius 1 is 1.03 bits per heavy atom. The molecule has 5 rings (SSSR count). The van der Waals surface area contributed by atoms with Crippen LogP contribution in [0.5, 0.6) is 0 Å². The van der Waals surface area contributed by atoms with E-state index in [-0.39, 0.29) is 11.7 Å². The normalized spacial score (nSPS) is 18.5. The minimum atomic E-state index is -0.618. The molecule has 12 nitrogen and oxygen atoms in total. The van der Waals surface area contributed by atoms with Gasteiger partial charge in [-0.05, 0) is 45.2 Å². The molecule has 0 aromatic carbocycles. The van der Waals surface area contributed by atoms with Crippen LogP contribution in [0.4, 0.5) is 22.1 Å². The Morgan fingerprint density at radius 2 is 1.74 bits per heavy atom. The zero-order valence-electron chi connectivity index (χ0n) is 20.2. The van der Waals surface area contributed by atoms with E-state index in [0.29, 0.717) is 17.4 Å². The van der Waals surface area contributed by atoms with E-state index < -0.39 is 5.91 Å². The highest BCUT2D eigenvalue weighted by Gasteiger charge is 2.20. The predicted molar refractivity (Wildman–Crippen MR) is 133 cm³/mol. The number of anilines is 3. The third kappa shape index (κ3) is 6.53. The zero-order valence-corrected chi connectivity index (χ0v) is 20.2. The van der Waals surface area contributed by atoms with Crippen LogP contribution in [0.25, 0.3) is 0 Å². The topological polar surface area (TPSA) is 154 Å². The SMILES string of the molecule is CN1CCNC1=O.NC(=O)c1ncc(N2CCCCC2)nc1Nc1cnc(C2CCNCC2)nc1. The third-order valence-electron chi connectivity index (χ3n) is 6.38. The maximum Gasteiger partial charge on any atom is 0.317 e. The molecule has 35 heavy (non-hydrogen) atoms. The Bertz CT molecular complexity index is 1000. The van der Waals surface area contributed by atoms with Gasteiger partial charge in [0.2, 0.25) is 0 Å². The Morgan fingerprint density at radius 3 is 2.31 bits per heavy atom. The molecule has 3 aliphatic rings. The fraction of sp³-hybridized carbons (Fsp3) is 0.565. The molecular weight excluding hydrogens is 448 g/mol. The quantitative estimate of drug-likeness (QED) is 0.492. The smallest absolute Gasteiger partial charge is 0.317 e. The lowest BCUT2D eigenvalue weighted by Gasteiger charge is -2.27. The summed E-state index contributed by atoms with van der Waals surface area (Å²) in [7, 11) is 1.78. The molecule has 0 atom stereocenters. The van der Waals surface area contributed by atoms with E-state index in [1.807, 2.05) is 0 Å². The van der Waals surface area contributed by atoms with Gasteiger partial charge in [-0.15, -0.1) is 0 Å². The maximum absolute atomic E-state index is 11.8. The van der Waals surface area contributed by atoms with Crippen molar-refractivity contribution in [2.75, 3.05) is 56.5 Å². The van der Waals surface area contributed by atoms with Crippen molar-refractivity contribution in [3.05, 3.63) is 30.1 Å². The van der Waals surface area contributed by atoms with Gasteiger partial charge in [0.05, 0.1) is 24.3 Å². The van der Waals surface area contributed by atoms with E-state index in [1.54, 1.807) is 30.5 Å². The lowest BCUT2D eigenvalue weighted by molar-refractivity contribution is 0.0996. The number of amides is 3. The van der Waals surface area contributed by atoms with Crippen LogP contribution in [0.2, 0.25) is 0 Å². The van der Waals surface area contributed by atoms with Gasteiger partial charge in [0.1, 0.15) is 11.6 Å². The summed E-state index contributed by atoms with van der Waals surface area (Å²) in [4.78, 5) is 43.9. The number of aromatic nitrogens is 4. The molecule has 0 aliphatic carbocycles. The van der Waals surface area contributed by atoms with Crippen molar-refractivity contribution in [2.24, 2.45) is 5.73 Å². The van der Waals surface area contributed by atoms with Gasteiger partial charge in [0, 0.05) is 39.1 Å². The summed E-state index contributed by atoms with van der Waals surface area (Å²) in [5.41, 5.74) is 6.26. The second kappa shape index (κ2) is 11.7. The molecule has 2 aromatic heterocycles. The van der Waals surface area contributed by atoms with E-state index in [1.165, 1.54) is 6.42 Å². The number of nitrogens with zero attached hydrogens (tertiary/aromatic N) is 6. The molecule has 3 aliphatic heterocycles. The average molecular weight is 483 g/mol. The van der Waals surface area contributed by atoms with Gasteiger partial charge in [-0.3, -0.25) is 4.79 Å². The zero-order chi connectivity index (χ0) is 24.6. The first kappa shape index (κ1) is 24.6. The van der Waals surface area contributed by atoms with Crippen molar-refractivity contribution in [1.82, 2.24) is 35.5 Å². The van der Waals surface area contributed by atoms with Crippen LogP contribution in [0.15, 0.2) is 18.6 Å². The fourth-order valence-corrected chi connectivity index (χ4v) is 4.32. The van der Waals surface area contributed by atoms with Crippen LogP contribution >= 0.6 is 0 Å². The molecular formula is C23H34N10O2. The molecule has 3 saturated heterocycles. The van der Waals surface area contributed by atoms with Gasteiger partial charge < -0.3 is 31.5 Å². The first-order valence-electron chi connectivity index (χ1n) is 12.2. The first-order chi connectivity index (χ1) is 17.0. The highest BCUT2D eigenvalue weighted by molar-refractivity contribution is 5.96. The summed E-state index contributed by atoms with van der Waals surface area (Å²) < 4.78 is 0. The molecule has 5 heterocycles. The lowest BCUT2D eigenvalue weighted by atomic mass is 9.97. The third-order valence-corrected chi connectivity index (χ3v) is 6.38. The van der Waals surface area contributed by atoms with Crippen molar-refractivity contribution >= 4 is 29.3 Å². The molecule has 3 fully saturated rings. The van der Waals surface area contributed by atoms with E-state index in [4.69, 9.17) is 5.73 Å². The summed E-state index contributed by atoms with van der Waals surface area (Å²) in [6.45, 7) is 5.52. The average Bonchev–Trinajstić information content (AvgIpc) is 3.28. The summed E-state index contributed by atoms with van der Waals surface area (Å²) in [5, 5.41) is 9.13.